The molecule has 0 aliphatic carbocycles. The Labute approximate surface area is 185 Å². The van der Waals surface area contributed by atoms with Gasteiger partial charge in [0.05, 0.1) is 25.3 Å². The number of aliphatic carboxylic acids is 1. The third-order valence-corrected chi connectivity index (χ3v) is 5.20. The highest BCUT2D eigenvalue weighted by atomic mass is 16.5. The first kappa shape index (κ1) is 22.9. The van der Waals surface area contributed by atoms with Crippen LogP contribution in [-0.2, 0) is 14.4 Å². The van der Waals surface area contributed by atoms with Crippen LogP contribution in [0.3, 0.4) is 0 Å². The van der Waals surface area contributed by atoms with Crippen LogP contribution in [0.4, 0.5) is 0 Å². The highest BCUT2D eigenvalue weighted by Gasteiger charge is 2.45. The second kappa shape index (κ2) is 10.00. The van der Waals surface area contributed by atoms with E-state index in [1.807, 2.05) is 6.92 Å². The molecule has 0 radical (unpaired) electrons. The molecular formula is C24H25NO7. The molecule has 1 fully saturated rings. The number of aliphatic hydroxyl groups is 1. The summed E-state index contributed by atoms with van der Waals surface area (Å²) in [5.41, 5.74) is 0.933. The quantitative estimate of drug-likeness (QED) is 0.350. The number of rotatable bonds is 9. The number of carboxylic acid groups (broad SMARTS) is 1. The molecule has 1 saturated heterocycles. The summed E-state index contributed by atoms with van der Waals surface area (Å²) in [7, 11) is 1.52. The second-order valence-corrected chi connectivity index (χ2v) is 7.22. The van der Waals surface area contributed by atoms with Crippen LogP contribution < -0.4 is 9.47 Å². The molecule has 8 heteroatoms. The highest BCUT2D eigenvalue weighted by Crippen LogP contribution is 2.40. The molecule has 2 aromatic rings. The number of carbonyl (C=O) groups is 3. The first-order chi connectivity index (χ1) is 15.4. The lowest BCUT2D eigenvalue weighted by Gasteiger charge is -2.25. The monoisotopic (exact) mass is 439 g/mol. The van der Waals surface area contributed by atoms with Gasteiger partial charge < -0.3 is 24.6 Å². The van der Waals surface area contributed by atoms with Crippen LogP contribution >= 0.6 is 0 Å². The first-order valence-corrected chi connectivity index (χ1v) is 10.2. The summed E-state index contributed by atoms with van der Waals surface area (Å²) in [5, 5.41) is 20.0. The van der Waals surface area contributed by atoms with Gasteiger partial charge in [0, 0.05) is 18.5 Å². The van der Waals surface area contributed by atoms with E-state index >= 15 is 0 Å². The molecule has 1 unspecified atom stereocenters. The molecule has 0 bridgehead atoms. The van der Waals surface area contributed by atoms with E-state index < -0.39 is 23.7 Å². The largest absolute Gasteiger partial charge is 0.507 e. The molecule has 1 heterocycles. The van der Waals surface area contributed by atoms with E-state index in [0.29, 0.717) is 29.2 Å². The van der Waals surface area contributed by atoms with Crippen molar-refractivity contribution >= 4 is 23.4 Å². The standard InChI is InChI=1S/C24H25NO7/c1-3-32-18-12-6-15(7-13-18)21-20(22(28)16-8-10-17(31-2)11-9-16)23(29)24(30)25(21)14-4-5-19(26)27/h6-13,21,28H,3-5,14H2,1-2H3,(H,26,27)/b22-20+. The molecule has 1 atom stereocenters. The number of Topliss-reactive ketones (excluding diaryl/α,β-unsaturated/α-hetero) is 1. The lowest BCUT2D eigenvalue weighted by molar-refractivity contribution is -0.140. The number of carbonyl (C=O) groups excluding carboxylic acids is 2. The molecule has 8 nitrogen and oxygen atoms in total. The molecule has 0 saturated carbocycles. The van der Waals surface area contributed by atoms with Gasteiger partial charge in [-0.3, -0.25) is 14.4 Å². The van der Waals surface area contributed by atoms with Crippen molar-refractivity contribution in [2.75, 3.05) is 20.3 Å². The van der Waals surface area contributed by atoms with Crippen LogP contribution in [0.2, 0.25) is 0 Å². The molecule has 1 aliphatic heterocycles. The Morgan fingerprint density at radius 2 is 1.62 bits per heavy atom. The van der Waals surface area contributed by atoms with Gasteiger partial charge in [-0.1, -0.05) is 12.1 Å². The summed E-state index contributed by atoms with van der Waals surface area (Å²) in [4.78, 5) is 38.0. The molecule has 1 amide bonds. The lowest BCUT2D eigenvalue weighted by Crippen LogP contribution is -2.31. The number of benzene rings is 2. The second-order valence-electron chi connectivity index (χ2n) is 7.22. The predicted octanol–water partition coefficient (Wildman–Crippen LogP) is 3.38. The zero-order valence-electron chi connectivity index (χ0n) is 17.9. The van der Waals surface area contributed by atoms with E-state index in [4.69, 9.17) is 14.6 Å². The van der Waals surface area contributed by atoms with Crippen LogP contribution in [0, 0.1) is 0 Å². The normalized spacial score (nSPS) is 17.4. The molecule has 1 aliphatic rings. The fraction of sp³-hybridized carbons (Fsp3) is 0.292. The molecular weight excluding hydrogens is 414 g/mol. The number of likely N-dealkylation sites (tertiary alicyclic amines) is 1. The first-order valence-electron chi connectivity index (χ1n) is 10.2. The minimum Gasteiger partial charge on any atom is -0.507 e. The number of aliphatic hydroxyl groups excluding tert-OH is 1. The molecule has 0 spiro atoms. The topological polar surface area (TPSA) is 113 Å². The van der Waals surface area contributed by atoms with Crippen LogP contribution in [0.25, 0.3) is 5.76 Å². The maximum Gasteiger partial charge on any atom is 0.303 e. The van der Waals surface area contributed by atoms with Gasteiger partial charge in [-0.15, -0.1) is 0 Å². The van der Waals surface area contributed by atoms with E-state index in [1.54, 1.807) is 48.5 Å². The van der Waals surface area contributed by atoms with Crippen molar-refractivity contribution in [3.05, 3.63) is 65.2 Å². The van der Waals surface area contributed by atoms with Gasteiger partial charge in [0.1, 0.15) is 17.3 Å². The molecule has 3 rings (SSSR count). The number of methoxy groups -OCH3 is 1. The minimum absolute atomic E-state index is 0.0420. The van der Waals surface area contributed by atoms with Crippen molar-refractivity contribution in [1.29, 1.82) is 0 Å². The van der Waals surface area contributed by atoms with E-state index in [2.05, 4.69) is 0 Å². The van der Waals surface area contributed by atoms with Crippen molar-refractivity contribution in [2.24, 2.45) is 0 Å². The van der Waals surface area contributed by atoms with Crippen LogP contribution in [0.15, 0.2) is 54.1 Å². The summed E-state index contributed by atoms with van der Waals surface area (Å²) in [6.45, 7) is 2.42. The molecule has 2 aromatic carbocycles. The summed E-state index contributed by atoms with van der Waals surface area (Å²) < 4.78 is 10.6. The SMILES string of the molecule is CCOc1ccc(C2/C(=C(\O)c3ccc(OC)cc3)C(=O)C(=O)N2CCCC(=O)O)cc1. The number of hydrogen-bond donors (Lipinski definition) is 2. The third-order valence-electron chi connectivity index (χ3n) is 5.20. The van der Waals surface area contributed by atoms with E-state index in [0.717, 1.165) is 0 Å². The van der Waals surface area contributed by atoms with E-state index in [1.165, 1.54) is 12.0 Å². The van der Waals surface area contributed by atoms with Crippen molar-refractivity contribution in [2.45, 2.75) is 25.8 Å². The summed E-state index contributed by atoms with van der Waals surface area (Å²) >= 11 is 0. The number of hydrogen-bond acceptors (Lipinski definition) is 6. The zero-order valence-corrected chi connectivity index (χ0v) is 17.9. The Hall–Kier alpha value is -3.81. The number of nitrogens with zero attached hydrogens (tertiary/aromatic N) is 1. The highest BCUT2D eigenvalue weighted by molar-refractivity contribution is 6.46. The Morgan fingerprint density at radius 3 is 2.19 bits per heavy atom. The van der Waals surface area contributed by atoms with Crippen molar-refractivity contribution < 1.29 is 34.1 Å². The molecule has 168 valence electrons. The Kier molecular flexibility index (Phi) is 7.14. The van der Waals surface area contributed by atoms with Crippen molar-refractivity contribution in [1.82, 2.24) is 4.90 Å². The van der Waals surface area contributed by atoms with Crippen LogP contribution in [0.5, 0.6) is 11.5 Å². The number of ether oxygens (including phenoxy) is 2. The summed E-state index contributed by atoms with van der Waals surface area (Å²) in [5.74, 6) is -1.66. The van der Waals surface area contributed by atoms with Gasteiger partial charge >= 0.3 is 5.97 Å². The molecule has 2 N–H and O–H groups in total. The fourth-order valence-electron chi connectivity index (χ4n) is 3.68. The van der Waals surface area contributed by atoms with E-state index in [-0.39, 0.29) is 30.7 Å². The van der Waals surface area contributed by atoms with Gasteiger partial charge in [0.15, 0.2) is 0 Å². The number of ketones is 1. The van der Waals surface area contributed by atoms with Gasteiger partial charge in [-0.25, -0.2) is 0 Å². The van der Waals surface area contributed by atoms with Crippen molar-refractivity contribution in [3.63, 3.8) is 0 Å². The number of carboxylic acids is 1. The Bertz CT molecular complexity index is 1030. The fourth-order valence-corrected chi connectivity index (χ4v) is 3.68. The summed E-state index contributed by atoms with van der Waals surface area (Å²) in [6, 6.07) is 12.5. The molecule has 32 heavy (non-hydrogen) atoms. The maximum absolute atomic E-state index is 12.9. The van der Waals surface area contributed by atoms with Crippen molar-refractivity contribution in [3.8, 4) is 11.5 Å². The lowest BCUT2D eigenvalue weighted by atomic mass is 9.95. The minimum atomic E-state index is -0.988. The zero-order chi connectivity index (χ0) is 23.3. The summed E-state index contributed by atoms with van der Waals surface area (Å²) in [6.07, 6.45) is 0.0376. The van der Waals surface area contributed by atoms with Crippen LogP contribution in [0.1, 0.15) is 36.9 Å². The van der Waals surface area contributed by atoms with Gasteiger partial charge in [0.25, 0.3) is 11.7 Å². The smallest absolute Gasteiger partial charge is 0.303 e. The number of amides is 1. The Balaban J connectivity index is 2.06. The third kappa shape index (κ3) is 4.74. The van der Waals surface area contributed by atoms with Gasteiger partial charge in [-0.05, 0) is 55.3 Å². The Morgan fingerprint density at radius 1 is 1.00 bits per heavy atom. The maximum atomic E-state index is 12.9. The van der Waals surface area contributed by atoms with Gasteiger partial charge in [0.2, 0.25) is 0 Å². The average molecular weight is 439 g/mol. The van der Waals surface area contributed by atoms with E-state index in [9.17, 15) is 19.5 Å². The van der Waals surface area contributed by atoms with Gasteiger partial charge in [-0.2, -0.15) is 0 Å². The average Bonchev–Trinajstić information content (AvgIpc) is 3.04. The molecule has 0 aromatic heterocycles. The van der Waals surface area contributed by atoms with Crippen LogP contribution in [-0.4, -0.2) is 53.0 Å². The predicted molar refractivity (Wildman–Crippen MR) is 116 cm³/mol.